The van der Waals surface area contributed by atoms with Crippen LogP contribution in [0.25, 0.3) is 0 Å². The van der Waals surface area contributed by atoms with Crippen LogP contribution in [-0.4, -0.2) is 20.1 Å². The van der Waals surface area contributed by atoms with Crippen LogP contribution in [0.4, 0.5) is 0 Å². The van der Waals surface area contributed by atoms with Gasteiger partial charge in [0.15, 0.2) is 0 Å². The summed E-state index contributed by atoms with van der Waals surface area (Å²) in [5.74, 6) is 0.154. The molecule has 0 aromatic heterocycles. The molecule has 120 valence electrons. The standard InChI is InChI=1S/C10H14.C5H11NO4S/c1-9(2)8-10-6-4-3-5-7-10;1-3-5(7)6-10-11(8,9)4-2/h3-7,9H,8H2,1-2H3;3-4H2,1-2H3,(H,6,7). The molecule has 0 saturated heterocycles. The lowest BCUT2D eigenvalue weighted by Gasteiger charge is -2.02. The van der Waals surface area contributed by atoms with Gasteiger partial charge in [-0.2, -0.15) is 8.42 Å². The third-order valence-corrected chi connectivity index (χ3v) is 3.49. The first-order valence-corrected chi connectivity index (χ1v) is 8.62. The summed E-state index contributed by atoms with van der Waals surface area (Å²) in [6, 6.07) is 10.6. The number of hydroxylamine groups is 1. The number of amides is 1. The summed E-state index contributed by atoms with van der Waals surface area (Å²) in [4.78, 5) is 10.5. The first-order valence-electron chi connectivity index (χ1n) is 7.04. The summed E-state index contributed by atoms with van der Waals surface area (Å²) >= 11 is 0. The maximum atomic E-state index is 10.6. The average molecular weight is 315 g/mol. The first kappa shape index (κ1) is 19.6. The molecule has 0 bridgehead atoms. The Morgan fingerprint density at radius 3 is 2.19 bits per heavy atom. The van der Waals surface area contributed by atoms with Crippen molar-refractivity contribution in [1.29, 1.82) is 0 Å². The maximum Gasteiger partial charge on any atom is 0.287 e. The van der Waals surface area contributed by atoms with Crippen LogP contribution in [0.1, 0.15) is 39.7 Å². The Hall–Kier alpha value is -1.40. The second-order valence-electron chi connectivity index (χ2n) is 4.89. The van der Waals surface area contributed by atoms with Gasteiger partial charge in [-0.05, 0) is 24.8 Å². The van der Waals surface area contributed by atoms with Crippen molar-refractivity contribution in [3.05, 3.63) is 35.9 Å². The molecular weight excluding hydrogens is 290 g/mol. The van der Waals surface area contributed by atoms with Gasteiger partial charge >= 0.3 is 0 Å². The van der Waals surface area contributed by atoms with Crippen molar-refractivity contribution >= 4 is 16.0 Å². The molecule has 0 heterocycles. The van der Waals surface area contributed by atoms with Crippen molar-refractivity contribution in [1.82, 2.24) is 5.48 Å². The Labute approximate surface area is 127 Å². The Bertz CT molecular complexity index is 498. The minimum Gasteiger partial charge on any atom is -0.273 e. The zero-order chi connectivity index (χ0) is 16.3. The highest BCUT2D eigenvalue weighted by molar-refractivity contribution is 7.86. The summed E-state index contributed by atoms with van der Waals surface area (Å²) < 4.78 is 25.3. The monoisotopic (exact) mass is 315 g/mol. The largest absolute Gasteiger partial charge is 0.287 e. The van der Waals surface area contributed by atoms with E-state index >= 15 is 0 Å². The van der Waals surface area contributed by atoms with Gasteiger partial charge in [-0.15, -0.1) is 4.28 Å². The molecule has 0 radical (unpaired) electrons. The Morgan fingerprint density at radius 2 is 1.76 bits per heavy atom. The van der Waals surface area contributed by atoms with Crippen molar-refractivity contribution < 1.29 is 17.5 Å². The molecule has 1 N–H and O–H groups in total. The topological polar surface area (TPSA) is 72.5 Å². The van der Waals surface area contributed by atoms with E-state index in [1.54, 1.807) is 12.4 Å². The number of carbonyl (C=O) groups is 1. The van der Waals surface area contributed by atoms with Gasteiger partial charge in [0, 0.05) is 6.42 Å². The van der Waals surface area contributed by atoms with Gasteiger partial charge in [0.25, 0.3) is 10.1 Å². The van der Waals surface area contributed by atoms with E-state index < -0.39 is 16.0 Å². The first-order chi connectivity index (χ1) is 9.80. The summed E-state index contributed by atoms with van der Waals surface area (Å²) in [6.45, 7) is 7.50. The summed E-state index contributed by atoms with van der Waals surface area (Å²) in [7, 11) is -3.56. The molecule has 0 aliphatic heterocycles. The number of hydrogen-bond donors (Lipinski definition) is 1. The van der Waals surface area contributed by atoms with Crippen molar-refractivity contribution in [2.45, 2.75) is 40.5 Å². The highest BCUT2D eigenvalue weighted by atomic mass is 32.2. The molecule has 1 rings (SSSR count). The fraction of sp³-hybridized carbons (Fsp3) is 0.533. The number of nitrogens with one attached hydrogen (secondary N) is 1. The fourth-order valence-corrected chi connectivity index (χ4v) is 1.66. The van der Waals surface area contributed by atoms with Crippen LogP contribution in [0, 0.1) is 5.92 Å². The van der Waals surface area contributed by atoms with Crippen LogP contribution in [0.3, 0.4) is 0 Å². The number of carbonyl (C=O) groups excluding carboxylic acids is 1. The van der Waals surface area contributed by atoms with E-state index in [0.717, 1.165) is 5.92 Å². The van der Waals surface area contributed by atoms with Gasteiger partial charge < -0.3 is 0 Å². The van der Waals surface area contributed by atoms with Gasteiger partial charge in [-0.3, -0.25) is 4.79 Å². The molecule has 0 atom stereocenters. The highest BCUT2D eigenvalue weighted by Crippen LogP contribution is 2.06. The van der Waals surface area contributed by atoms with Crippen LogP contribution in [0.2, 0.25) is 0 Å². The third kappa shape index (κ3) is 11.0. The van der Waals surface area contributed by atoms with Crippen LogP contribution >= 0.6 is 0 Å². The van der Waals surface area contributed by atoms with Gasteiger partial charge in [-0.1, -0.05) is 51.1 Å². The molecule has 0 saturated carbocycles. The number of rotatable bonds is 6. The third-order valence-electron chi connectivity index (χ3n) is 2.44. The molecule has 5 nitrogen and oxygen atoms in total. The Balaban J connectivity index is 0.000000382. The molecular formula is C15H25NO4S. The Morgan fingerprint density at radius 1 is 1.19 bits per heavy atom. The van der Waals surface area contributed by atoms with Crippen LogP contribution < -0.4 is 5.48 Å². The van der Waals surface area contributed by atoms with E-state index in [2.05, 4.69) is 48.5 Å². The zero-order valence-corrected chi connectivity index (χ0v) is 13.9. The molecule has 6 heteroatoms. The molecule has 0 aliphatic carbocycles. The van der Waals surface area contributed by atoms with Crippen molar-refractivity contribution in [3.63, 3.8) is 0 Å². The second-order valence-corrected chi connectivity index (χ2v) is 6.75. The van der Waals surface area contributed by atoms with Crippen molar-refractivity contribution in [2.24, 2.45) is 5.92 Å². The number of benzene rings is 1. The minimum absolute atomic E-state index is 0.156. The van der Waals surface area contributed by atoms with Crippen LogP contribution in [0.5, 0.6) is 0 Å². The molecule has 1 aromatic rings. The summed E-state index contributed by atoms with van der Waals surface area (Å²) in [5.41, 5.74) is 3.24. The summed E-state index contributed by atoms with van der Waals surface area (Å²) in [5, 5.41) is 0. The fourth-order valence-electron chi connectivity index (χ4n) is 1.33. The van der Waals surface area contributed by atoms with E-state index in [0.29, 0.717) is 0 Å². The lowest BCUT2D eigenvalue weighted by molar-refractivity contribution is -0.127. The SMILES string of the molecule is CC(C)Cc1ccccc1.CCC(=O)NOS(=O)(=O)CC. The van der Waals surface area contributed by atoms with Crippen LogP contribution in [0.15, 0.2) is 30.3 Å². The predicted molar refractivity (Wildman–Crippen MR) is 84.0 cm³/mol. The lowest BCUT2D eigenvalue weighted by atomic mass is 10.0. The van der Waals surface area contributed by atoms with Crippen LogP contribution in [-0.2, 0) is 25.6 Å². The van der Waals surface area contributed by atoms with Gasteiger partial charge in [0.05, 0.1) is 5.75 Å². The zero-order valence-electron chi connectivity index (χ0n) is 13.1. The molecule has 0 fully saturated rings. The smallest absolute Gasteiger partial charge is 0.273 e. The molecule has 21 heavy (non-hydrogen) atoms. The quantitative estimate of drug-likeness (QED) is 0.819. The van der Waals surface area contributed by atoms with E-state index in [9.17, 15) is 13.2 Å². The molecule has 0 spiro atoms. The normalized spacial score (nSPS) is 10.7. The minimum atomic E-state index is -3.56. The van der Waals surface area contributed by atoms with E-state index in [1.807, 2.05) is 0 Å². The lowest BCUT2D eigenvalue weighted by Crippen LogP contribution is -2.27. The van der Waals surface area contributed by atoms with Gasteiger partial charge in [0.2, 0.25) is 5.91 Å². The van der Waals surface area contributed by atoms with E-state index in [4.69, 9.17) is 0 Å². The van der Waals surface area contributed by atoms with Gasteiger partial charge in [0.1, 0.15) is 0 Å². The second kappa shape index (κ2) is 10.3. The summed E-state index contributed by atoms with van der Waals surface area (Å²) in [6.07, 6.45) is 1.39. The van der Waals surface area contributed by atoms with E-state index in [1.165, 1.54) is 18.9 Å². The Kier molecular flexibility index (Phi) is 9.65. The average Bonchev–Trinajstić information content (AvgIpc) is 2.46. The molecule has 1 amide bonds. The predicted octanol–water partition coefficient (Wildman–Crippen LogP) is 2.68. The van der Waals surface area contributed by atoms with Gasteiger partial charge in [-0.25, -0.2) is 5.48 Å². The van der Waals surface area contributed by atoms with Crippen molar-refractivity contribution in [3.8, 4) is 0 Å². The highest BCUT2D eigenvalue weighted by Gasteiger charge is 2.08. The maximum absolute atomic E-state index is 10.6. The molecule has 1 aromatic carbocycles. The number of hydrogen-bond acceptors (Lipinski definition) is 4. The van der Waals surface area contributed by atoms with Crippen molar-refractivity contribution in [2.75, 3.05) is 5.75 Å². The molecule has 0 unspecified atom stereocenters. The van der Waals surface area contributed by atoms with E-state index in [-0.39, 0.29) is 12.2 Å². The molecule has 0 aliphatic rings.